The number of thiocarbonyl (C=S) groups is 1. The van der Waals surface area contributed by atoms with E-state index in [9.17, 15) is 9.59 Å². The Morgan fingerprint density at radius 2 is 1.74 bits per heavy atom. The number of anilines is 1. The number of nitrogens with zero attached hydrogens (tertiary/aromatic N) is 1. The van der Waals surface area contributed by atoms with E-state index >= 15 is 0 Å². The van der Waals surface area contributed by atoms with Crippen LogP contribution in [0.1, 0.15) is 29.2 Å². The van der Waals surface area contributed by atoms with E-state index in [4.69, 9.17) is 21.7 Å². The number of hydrogen-bond donors (Lipinski definition) is 1. The molecule has 0 aromatic heterocycles. The zero-order valence-electron chi connectivity index (χ0n) is 21.1. The third kappa shape index (κ3) is 6.14. The molecule has 0 unspecified atom stereocenters. The standard InChI is InChI=1S/C30H27IN2O4S/c1-4-6-22-15-21(17-26(36-3)27(22)37-18-20-7-11-23(31)12-8-20)16-25-28(34)32-30(38)33(29(25)35)24-13-9-19(5-2)10-14-24/h4,7-17H,1,5-6,18H2,2-3H3,(H,32,34,38)/b25-16+. The molecule has 1 saturated heterocycles. The molecule has 0 spiro atoms. The summed E-state index contributed by atoms with van der Waals surface area (Å²) in [4.78, 5) is 27.6. The zero-order chi connectivity index (χ0) is 27.2. The van der Waals surface area contributed by atoms with Crippen LogP contribution in [0.25, 0.3) is 6.08 Å². The number of carbonyl (C=O) groups excluding carboxylic acids is 2. The van der Waals surface area contributed by atoms with Crippen LogP contribution < -0.4 is 19.7 Å². The molecule has 1 fully saturated rings. The highest BCUT2D eigenvalue weighted by molar-refractivity contribution is 14.1. The van der Waals surface area contributed by atoms with Crippen LogP contribution >= 0.6 is 34.8 Å². The molecule has 8 heteroatoms. The van der Waals surface area contributed by atoms with Gasteiger partial charge < -0.3 is 9.47 Å². The summed E-state index contributed by atoms with van der Waals surface area (Å²) >= 11 is 7.59. The molecular formula is C30H27IN2O4S. The van der Waals surface area contributed by atoms with E-state index in [1.807, 2.05) is 54.6 Å². The lowest BCUT2D eigenvalue weighted by Crippen LogP contribution is -2.54. The minimum absolute atomic E-state index is 0.0302. The van der Waals surface area contributed by atoms with Crippen LogP contribution in [0.2, 0.25) is 0 Å². The highest BCUT2D eigenvalue weighted by atomic mass is 127. The molecule has 0 radical (unpaired) electrons. The fourth-order valence-electron chi connectivity index (χ4n) is 4.06. The van der Waals surface area contributed by atoms with Crippen molar-refractivity contribution in [3.63, 3.8) is 0 Å². The van der Waals surface area contributed by atoms with Crippen molar-refractivity contribution in [2.24, 2.45) is 0 Å². The van der Waals surface area contributed by atoms with E-state index in [0.717, 1.165) is 26.7 Å². The van der Waals surface area contributed by atoms with Gasteiger partial charge in [-0.15, -0.1) is 6.58 Å². The number of benzene rings is 3. The van der Waals surface area contributed by atoms with Gasteiger partial charge in [-0.05, 0) is 107 Å². The lowest BCUT2D eigenvalue weighted by Gasteiger charge is -2.29. The number of halogens is 1. The van der Waals surface area contributed by atoms with Gasteiger partial charge in [0.15, 0.2) is 16.6 Å². The predicted octanol–water partition coefficient (Wildman–Crippen LogP) is 6.00. The summed E-state index contributed by atoms with van der Waals surface area (Å²) in [5.74, 6) is 0.0372. The minimum atomic E-state index is -0.551. The average Bonchev–Trinajstić information content (AvgIpc) is 2.91. The topological polar surface area (TPSA) is 67.9 Å². The van der Waals surface area contributed by atoms with Crippen LogP contribution in [0.15, 0.2) is 78.9 Å². The van der Waals surface area contributed by atoms with Crippen molar-refractivity contribution in [3.05, 3.63) is 105 Å². The van der Waals surface area contributed by atoms with Crippen LogP contribution in [-0.2, 0) is 29.0 Å². The summed E-state index contributed by atoms with van der Waals surface area (Å²) in [6, 6.07) is 19.2. The lowest BCUT2D eigenvalue weighted by molar-refractivity contribution is -0.122. The first-order valence-corrected chi connectivity index (χ1v) is 13.5. The van der Waals surface area contributed by atoms with Crippen molar-refractivity contribution in [2.45, 2.75) is 26.4 Å². The molecule has 3 aromatic rings. The van der Waals surface area contributed by atoms with Crippen molar-refractivity contribution in [2.75, 3.05) is 12.0 Å². The molecule has 0 atom stereocenters. The fourth-order valence-corrected chi connectivity index (χ4v) is 4.71. The Bertz CT molecular complexity index is 1420. The number of rotatable bonds is 9. The van der Waals surface area contributed by atoms with Gasteiger partial charge in [-0.3, -0.25) is 19.8 Å². The SMILES string of the molecule is C=CCc1cc(/C=C2\C(=O)NC(=S)N(c3ccc(CC)cc3)C2=O)cc(OC)c1OCc1ccc(I)cc1. The van der Waals surface area contributed by atoms with Crippen molar-refractivity contribution < 1.29 is 19.1 Å². The van der Waals surface area contributed by atoms with Crippen LogP contribution in [0.3, 0.4) is 0 Å². The molecule has 0 aliphatic carbocycles. The molecular weight excluding hydrogens is 611 g/mol. The van der Waals surface area contributed by atoms with Crippen LogP contribution in [-0.4, -0.2) is 24.0 Å². The number of carbonyl (C=O) groups is 2. The molecule has 1 heterocycles. The molecule has 2 amide bonds. The second-order valence-corrected chi connectivity index (χ2v) is 10.2. The Hall–Kier alpha value is -3.50. The molecule has 1 aliphatic rings. The molecule has 0 saturated carbocycles. The molecule has 4 rings (SSSR count). The van der Waals surface area contributed by atoms with Crippen LogP contribution in [0.5, 0.6) is 11.5 Å². The van der Waals surface area contributed by atoms with Crippen molar-refractivity contribution >= 4 is 63.5 Å². The van der Waals surface area contributed by atoms with Crippen LogP contribution in [0, 0.1) is 3.57 Å². The third-order valence-electron chi connectivity index (χ3n) is 6.05. The van der Waals surface area contributed by atoms with Gasteiger partial charge in [0.25, 0.3) is 11.8 Å². The Kier molecular flexibility index (Phi) is 8.96. The molecule has 1 N–H and O–H groups in total. The summed E-state index contributed by atoms with van der Waals surface area (Å²) in [6.07, 6.45) is 4.70. The van der Waals surface area contributed by atoms with Gasteiger partial charge >= 0.3 is 0 Å². The lowest BCUT2D eigenvalue weighted by atomic mass is 10.0. The van der Waals surface area contributed by atoms with E-state index in [1.165, 1.54) is 4.90 Å². The monoisotopic (exact) mass is 638 g/mol. The Morgan fingerprint density at radius 1 is 1.05 bits per heavy atom. The molecule has 0 bridgehead atoms. The predicted molar refractivity (Wildman–Crippen MR) is 162 cm³/mol. The van der Waals surface area contributed by atoms with E-state index in [-0.39, 0.29) is 10.7 Å². The molecule has 194 valence electrons. The smallest absolute Gasteiger partial charge is 0.270 e. The second-order valence-electron chi connectivity index (χ2n) is 8.60. The normalized spacial score (nSPS) is 14.4. The minimum Gasteiger partial charge on any atom is -0.493 e. The zero-order valence-corrected chi connectivity index (χ0v) is 24.1. The van der Waals surface area contributed by atoms with E-state index in [1.54, 1.807) is 25.3 Å². The summed E-state index contributed by atoms with van der Waals surface area (Å²) in [5.41, 5.74) is 4.16. The van der Waals surface area contributed by atoms with Gasteiger partial charge in [0.05, 0.1) is 12.8 Å². The first kappa shape index (κ1) is 27.5. The van der Waals surface area contributed by atoms with Gasteiger partial charge in [0.2, 0.25) is 0 Å². The maximum atomic E-state index is 13.5. The van der Waals surface area contributed by atoms with E-state index < -0.39 is 11.8 Å². The van der Waals surface area contributed by atoms with Gasteiger partial charge in [-0.2, -0.15) is 0 Å². The van der Waals surface area contributed by atoms with E-state index in [2.05, 4.69) is 41.4 Å². The summed E-state index contributed by atoms with van der Waals surface area (Å²) in [7, 11) is 1.56. The average molecular weight is 639 g/mol. The maximum absolute atomic E-state index is 13.5. The molecule has 1 aliphatic heterocycles. The number of methoxy groups -OCH3 is 1. The quantitative estimate of drug-likeness (QED) is 0.102. The van der Waals surface area contributed by atoms with Crippen molar-refractivity contribution in [3.8, 4) is 11.5 Å². The molecule has 38 heavy (non-hydrogen) atoms. The Labute approximate surface area is 241 Å². The first-order valence-electron chi connectivity index (χ1n) is 12.0. The second kappa shape index (κ2) is 12.4. The van der Waals surface area contributed by atoms with Gasteiger partial charge in [-0.1, -0.05) is 37.3 Å². The number of allylic oxidation sites excluding steroid dienone is 1. The van der Waals surface area contributed by atoms with Crippen LogP contribution in [0.4, 0.5) is 5.69 Å². The number of amides is 2. The molecule has 6 nitrogen and oxygen atoms in total. The highest BCUT2D eigenvalue weighted by Crippen LogP contribution is 2.35. The number of nitrogens with one attached hydrogen (secondary N) is 1. The number of ether oxygens (including phenoxy) is 2. The summed E-state index contributed by atoms with van der Waals surface area (Å²) in [6.45, 7) is 6.28. The fraction of sp³-hybridized carbons (Fsp3) is 0.167. The molecule has 3 aromatic carbocycles. The highest BCUT2D eigenvalue weighted by Gasteiger charge is 2.34. The largest absolute Gasteiger partial charge is 0.493 e. The van der Waals surface area contributed by atoms with E-state index in [0.29, 0.717) is 35.8 Å². The Balaban J connectivity index is 1.68. The van der Waals surface area contributed by atoms with Gasteiger partial charge in [0, 0.05) is 9.13 Å². The Morgan fingerprint density at radius 3 is 2.37 bits per heavy atom. The number of aryl methyl sites for hydroxylation is 1. The third-order valence-corrected chi connectivity index (χ3v) is 7.05. The maximum Gasteiger partial charge on any atom is 0.270 e. The van der Waals surface area contributed by atoms with Gasteiger partial charge in [-0.25, -0.2) is 0 Å². The van der Waals surface area contributed by atoms with Gasteiger partial charge in [0.1, 0.15) is 12.2 Å². The summed E-state index contributed by atoms with van der Waals surface area (Å²) < 4.78 is 13.0. The number of hydrogen-bond acceptors (Lipinski definition) is 5. The summed E-state index contributed by atoms with van der Waals surface area (Å²) in [5, 5.41) is 2.68. The first-order chi connectivity index (χ1) is 18.3. The van der Waals surface area contributed by atoms with Crippen molar-refractivity contribution in [1.82, 2.24) is 5.32 Å². The van der Waals surface area contributed by atoms with Crippen molar-refractivity contribution in [1.29, 1.82) is 0 Å².